The first-order valence-electron chi connectivity index (χ1n) is 13.6. The smallest absolute Gasteiger partial charge is 0.0992 e. The summed E-state index contributed by atoms with van der Waals surface area (Å²) in [5.41, 5.74) is 6.65. The number of rotatable bonds is 1. The zero-order valence-corrected chi connectivity index (χ0v) is 21.8. The van der Waals surface area contributed by atoms with Crippen molar-refractivity contribution in [1.29, 1.82) is 10.5 Å². The number of nitriles is 2. The summed E-state index contributed by atoms with van der Waals surface area (Å²) in [4.78, 5) is 0. The van der Waals surface area contributed by atoms with E-state index < -0.39 is 0 Å². The van der Waals surface area contributed by atoms with Crippen molar-refractivity contribution in [2.45, 2.75) is 0 Å². The molecule has 9 rings (SSSR count). The Morgan fingerprint density at radius 1 is 0.390 bits per heavy atom. The maximum Gasteiger partial charge on any atom is 0.0992 e. The second-order valence-electron chi connectivity index (χ2n) is 10.8. The first kappa shape index (κ1) is 22.0. The van der Waals surface area contributed by atoms with Crippen molar-refractivity contribution >= 4 is 70.4 Å². The van der Waals surface area contributed by atoms with Crippen LogP contribution in [0.25, 0.3) is 81.5 Å². The average Bonchev–Trinajstić information content (AvgIpc) is 3.55. The molecular formula is C38H19N3. The van der Waals surface area contributed by atoms with Crippen LogP contribution in [-0.4, -0.2) is 4.40 Å². The lowest BCUT2D eigenvalue weighted by molar-refractivity contribution is 1.36. The average molecular weight is 518 g/mol. The molecule has 0 spiro atoms. The predicted octanol–water partition coefficient (Wildman–Crippen LogP) is 9.71. The number of aromatic nitrogens is 1. The second kappa shape index (κ2) is 7.82. The predicted molar refractivity (Wildman–Crippen MR) is 168 cm³/mol. The summed E-state index contributed by atoms with van der Waals surface area (Å²) in [5.74, 6) is 0. The first-order chi connectivity index (χ1) is 20.2. The number of benzene rings is 7. The minimum Gasteiger partial charge on any atom is -0.308 e. The van der Waals surface area contributed by atoms with Crippen molar-refractivity contribution in [3.05, 3.63) is 126 Å². The Hall–Kier alpha value is -5.90. The quantitative estimate of drug-likeness (QED) is 0.204. The summed E-state index contributed by atoms with van der Waals surface area (Å²) in [5, 5.41) is 31.3. The van der Waals surface area contributed by atoms with Gasteiger partial charge in [-0.2, -0.15) is 10.5 Å². The molecule has 0 unspecified atom stereocenters. The van der Waals surface area contributed by atoms with Gasteiger partial charge in [-0.1, -0.05) is 72.8 Å². The lowest BCUT2D eigenvalue weighted by atomic mass is 9.91. The van der Waals surface area contributed by atoms with E-state index >= 15 is 0 Å². The van der Waals surface area contributed by atoms with Gasteiger partial charge in [0.15, 0.2) is 0 Å². The number of nitrogens with zero attached hydrogens (tertiary/aromatic N) is 3. The van der Waals surface area contributed by atoms with Crippen molar-refractivity contribution in [2.24, 2.45) is 0 Å². The zero-order valence-electron chi connectivity index (χ0n) is 21.8. The lowest BCUT2D eigenvalue weighted by Gasteiger charge is -2.12. The standard InChI is InChI=1S/C38H19N3/c39-20-22-9-12-31-34-18-25(19-35-32-13-10-23(21-40)16-37(32)41(38(34)35)36(31)15-22)24-11-14-30-28-7-2-1-5-26(28)27-6-3-4-8-29(27)33(30)17-24/h1-19H. The Kier molecular flexibility index (Phi) is 4.19. The highest BCUT2D eigenvalue weighted by molar-refractivity contribution is 6.27. The van der Waals surface area contributed by atoms with Crippen LogP contribution in [0.4, 0.5) is 0 Å². The topological polar surface area (TPSA) is 52.0 Å². The van der Waals surface area contributed by atoms with Gasteiger partial charge in [0.1, 0.15) is 0 Å². The van der Waals surface area contributed by atoms with Gasteiger partial charge in [0.2, 0.25) is 0 Å². The monoisotopic (exact) mass is 517 g/mol. The molecule has 0 aliphatic carbocycles. The van der Waals surface area contributed by atoms with E-state index in [1.165, 1.54) is 32.3 Å². The third-order valence-electron chi connectivity index (χ3n) is 8.73. The minimum atomic E-state index is 0.622. The SMILES string of the molecule is N#Cc1ccc2c3cc(-c4ccc5c6ccccc6c6ccccc6c5c4)cc4c5ccc(C#N)cc5n(c2c1)c34. The van der Waals surface area contributed by atoms with Gasteiger partial charge < -0.3 is 4.40 Å². The Morgan fingerprint density at radius 3 is 1.34 bits per heavy atom. The fourth-order valence-corrected chi connectivity index (χ4v) is 6.94. The Bertz CT molecular complexity index is 2520. The molecule has 0 saturated heterocycles. The summed E-state index contributed by atoms with van der Waals surface area (Å²) < 4.78 is 2.22. The van der Waals surface area contributed by atoms with E-state index in [-0.39, 0.29) is 0 Å². The van der Waals surface area contributed by atoms with E-state index in [0.717, 1.165) is 49.2 Å². The molecule has 2 aromatic heterocycles. The molecule has 0 saturated carbocycles. The van der Waals surface area contributed by atoms with Gasteiger partial charge in [-0.3, -0.25) is 0 Å². The molecule has 9 aromatic rings. The van der Waals surface area contributed by atoms with Crippen LogP contribution in [0.15, 0.2) is 115 Å². The fourth-order valence-electron chi connectivity index (χ4n) is 6.94. The van der Waals surface area contributed by atoms with E-state index in [9.17, 15) is 10.5 Å². The van der Waals surface area contributed by atoms with Crippen LogP contribution < -0.4 is 0 Å². The minimum absolute atomic E-state index is 0.622. The van der Waals surface area contributed by atoms with Gasteiger partial charge in [0.25, 0.3) is 0 Å². The van der Waals surface area contributed by atoms with Crippen molar-refractivity contribution in [1.82, 2.24) is 4.40 Å². The van der Waals surface area contributed by atoms with Gasteiger partial charge in [0.05, 0.1) is 39.8 Å². The maximum atomic E-state index is 9.64. The van der Waals surface area contributed by atoms with E-state index in [4.69, 9.17) is 0 Å². The molecule has 0 N–H and O–H groups in total. The molecular weight excluding hydrogens is 498 g/mol. The highest BCUT2D eigenvalue weighted by atomic mass is 14.9. The fraction of sp³-hybridized carbons (Fsp3) is 0. The molecule has 0 aliphatic heterocycles. The molecule has 186 valence electrons. The van der Waals surface area contributed by atoms with Crippen molar-refractivity contribution in [2.75, 3.05) is 0 Å². The third-order valence-corrected chi connectivity index (χ3v) is 8.73. The van der Waals surface area contributed by atoms with Crippen LogP contribution in [0.3, 0.4) is 0 Å². The molecule has 7 aromatic carbocycles. The molecule has 0 fully saturated rings. The molecule has 41 heavy (non-hydrogen) atoms. The van der Waals surface area contributed by atoms with Gasteiger partial charge in [-0.15, -0.1) is 0 Å². The van der Waals surface area contributed by atoms with Crippen LogP contribution in [0, 0.1) is 22.7 Å². The highest BCUT2D eigenvalue weighted by Crippen LogP contribution is 2.43. The number of fused-ring (bicyclic) bond motifs is 12. The summed E-state index contributed by atoms with van der Waals surface area (Å²) in [6.07, 6.45) is 0. The van der Waals surface area contributed by atoms with Crippen LogP contribution in [-0.2, 0) is 0 Å². The summed E-state index contributed by atoms with van der Waals surface area (Å²) in [7, 11) is 0. The normalized spacial score (nSPS) is 11.9. The third kappa shape index (κ3) is 2.85. The van der Waals surface area contributed by atoms with E-state index in [0.29, 0.717) is 11.1 Å². The van der Waals surface area contributed by atoms with Crippen LogP contribution >= 0.6 is 0 Å². The van der Waals surface area contributed by atoms with Gasteiger partial charge in [0, 0.05) is 21.5 Å². The molecule has 0 bridgehead atoms. The van der Waals surface area contributed by atoms with E-state index in [1.807, 2.05) is 24.3 Å². The summed E-state index contributed by atoms with van der Waals surface area (Å²) in [6, 6.07) is 45.1. The first-order valence-corrected chi connectivity index (χ1v) is 13.6. The Morgan fingerprint density at radius 2 is 0.829 bits per heavy atom. The van der Waals surface area contributed by atoms with Crippen LogP contribution in [0.5, 0.6) is 0 Å². The van der Waals surface area contributed by atoms with Gasteiger partial charge in [-0.25, -0.2) is 0 Å². The van der Waals surface area contributed by atoms with Crippen molar-refractivity contribution in [3.8, 4) is 23.3 Å². The summed E-state index contributed by atoms with van der Waals surface area (Å²) >= 11 is 0. The van der Waals surface area contributed by atoms with E-state index in [1.54, 1.807) is 0 Å². The molecule has 0 atom stereocenters. The summed E-state index contributed by atoms with van der Waals surface area (Å²) in [6.45, 7) is 0. The van der Waals surface area contributed by atoms with Crippen molar-refractivity contribution < 1.29 is 0 Å². The van der Waals surface area contributed by atoms with Crippen molar-refractivity contribution in [3.63, 3.8) is 0 Å². The molecule has 3 heteroatoms. The molecule has 0 aliphatic rings. The highest BCUT2D eigenvalue weighted by Gasteiger charge is 2.20. The molecule has 2 heterocycles. The second-order valence-corrected chi connectivity index (χ2v) is 10.8. The Labute approximate surface area is 234 Å². The van der Waals surface area contributed by atoms with Gasteiger partial charge >= 0.3 is 0 Å². The zero-order chi connectivity index (χ0) is 27.2. The van der Waals surface area contributed by atoms with Crippen LogP contribution in [0.2, 0.25) is 0 Å². The number of hydrogen-bond donors (Lipinski definition) is 0. The lowest BCUT2D eigenvalue weighted by Crippen LogP contribution is -1.85. The van der Waals surface area contributed by atoms with E-state index in [2.05, 4.69) is 108 Å². The molecule has 3 nitrogen and oxygen atoms in total. The molecule has 0 amide bonds. The maximum absolute atomic E-state index is 9.64. The molecule has 0 radical (unpaired) electrons. The Balaban J connectivity index is 1.42. The van der Waals surface area contributed by atoms with Gasteiger partial charge in [-0.05, 0) is 85.9 Å². The van der Waals surface area contributed by atoms with Crippen LogP contribution in [0.1, 0.15) is 11.1 Å². The largest absolute Gasteiger partial charge is 0.308 e. The number of hydrogen-bond acceptors (Lipinski definition) is 2.